The summed E-state index contributed by atoms with van der Waals surface area (Å²) in [6.45, 7) is 4.48. The van der Waals surface area contributed by atoms with Gasteiger partial charge in [0.25, 0.3) is 17.7 Å². The number of imide groups is 1. The molecule has 1 unspecified atom stereocenters. The summed E-state index contributed by atoms with van der Waals surface area (Å²) in [6.07, 6.45) is 1.99. The summed E-state index contributed by atoms with van der Waals surface area (Å²) in [5, 5.41) is 3.59. The van der Waals surface area contributed by atoms with E-state index in [4.69, 9.17) is 16.3 Å². The van der Waals surface area contributed by atoms with Gasteiger partial charge in [-0.1, -0.05) is 43.6 Å². The van der Waals surface area contributed by atoms with E-state index in [1.54, 1.807) is 30.3 Å². The van der Waals surface area contributed by atoms with E-state index in [-0.39, 0.29) is 23.4 Å². The molecule has 0 radical (unpaired) electrons. The Hall–Kier alpha value is -3.64. The van der Waals surface area contributed by atoms with Crippen LogP contribution in [0.3, 0.4) is 0 Å². The molecule has 0 spiro atoms. The van der Waals surface area contributed by atoms with Gasteiger partial charge in [-0.2, -0.15) is 0 Å². The fraction of sp³-hybridized carbons (Fsp3) is 0.250. The van der Waals surface area contributed by atoms with Crippen LogP contribution in [0.5, 0.6) is 5.75 Å². The first kappa shape index (κ1) is 23.1. The topological polar surface area (TPSA) is 75.7 Å². The third-order valence-electron chi connectivity index (χ3n) is 6.65. The number of carbonyl (C=O) groups is 3. The molecule has 7 heteroatoms. The molecule has 178 valence electrons. The Balaban J connectivity index is 1.45. The number of hydrogen-bond acceptors (Lipinski definition) is 4. The quantitative estimate of drug-likeness (QED) is 0.480. The van der Waals surface area contributed by atoms with E-state index in [0.29, 0.717) is 53.5 Å². The molecular formula is C28H25ClN2O4. The molecular weight excluding hydrogens is 464 g/mol. The molecule has 0 saturated heterocycles. The fourth-order valence-corrected chi connectivity index (χ4v) is 5.02. The maximum atomic E-state index is 13.5. The number of rotatable bonds is 5. The number of hydrogen-bond donors (Lipinski definition) is 1. The van der Waals surface area contributed by atoms with Crippen molar-refractivity contribution in [3.63, 3.8) is 0 Å². The van der Waals surface area contributed by atoms with Crippen LogP contribution in [0.2, 0.25) is 5.02 Å². The van der Waals surface area contributed by atoms with Gasteiger partial charge in [0.15, 0.2) is 0 Å². The third-order valence-corrected chi connectivity index (χ3v) is 6.89. The Kier molecular flexibility index (Phi) is 6.07. The van der Waals surface area contributed by atoms with Crippen molar-refractivity contribution in [1.29, 1.82) is 0 Å². The Bertz CT molecular complexity index is 1340. The minimum absolute atomic E-state index is 0.242. The van der Waals surface area contributed by atoms with Crippen molar-refractivity contribution in [2.75, 3.05) is 11.5 Å². The van der Waals surface area contributed by atoms with Crippen molar-refractivity contribution < 1.29 is 19.1 Å². The highest BCUT2D eigenvalue weighted by Crippen LogP contribution is 2.36. The zero-order valence-electron chi connectivity index (χ0n) is 19.6. The second-order valence-electron chi connectivity index (χ2n) is 8.68. The number of halogens is 1. The van der Waals surface area contributed by atoms with Crippen LogP contribution in [-0.2, 0) is 12.8 Å². The van der Waals surface area contributed by atoms with E-state index in [2.05, 4.69) is 5.32 Å². The highest BCUT2D eigenvalue weighted by molar-refractivity contribution is 6.35. The Morgan fingerprint density at radius 2 is 1.71 bits per heavy atom. The van der Waals surface area contributed by atoms with Gasteiger partial charge < -0.3 is 10.1 Å². The van der Waals surface area contributed by atoms with E-state index >= 15 is 0 Å². The number of ether oxygens (including phenoxy) is 1. The van der Waals surface area contributed by atoms with Gasteiger partial charge in [-0.3, -0.25) is 14.4 Å². The van der Waals surface area contributed by atoms with Gasteiger partial charge in [-0.15, -0.1) is 0 Å². The van der Waals surface area contributed by atoms with E-state index in [9.17, 15) is 14.4 Å². The summed E-state index contributed by atoms with van der Waals surface area (Å²) in [5.41, 5.74) is 4.22. The smallest absolute Gasteiger partial charge is 0.266 e. The van der Waals surface area contributed by atoms with Gasteiger partial charge >= 0.3 is 0 Å². The lowest BCUT2D eigenvalue weighted by atomic mass is 9.99. The van der Waals surface area contributed by atoms with E-state index in [1.807, 2.05) is 32.0 Å². The number of amides is 3. The lowest BCUT2D eigenvalue weighted by Crippen LogP contribution is -2.32. The monoisotopic (exact) mass is 488 g/mol. The van der Waals surface area contributed by atoms with Crippen molar-refractivity contribution in [2.24, 2.45) is 0 Å². The maximum Gasteiger partial charge on any atom is 0.266 e. The summed E-state index contributed by atoms with van der Waals surface area (Å²) in [6, 6.07) is 15.6. The van der Waals surface area contributed by atoms with Crippen LogP contribution in [-0.4, -0.2) is 24.3 Å². The maximum absolute atomic E-state index is 13.5. The highest BCUT2D eigenvalue weighted by Gasteiger charge is 2.39. The van der Waals surface area contributed by atoms with Crippen LogP contribution in [0, 0.1) is 0 Å². The van der Waals surface area contributed by atoms with Gasteiger partial charge in [0.05, 0.1) is 29.5 Å². The Morgan fingerprint density at radius 3 is 2.43 bits per heavy atom. The molecule has 0 fully saturated rings. The molecule has 5 rings (SSSR count). The van der Waals surface area contributed by atoms with E-state index < -0.39 is 5.91 Å². The fourth-order valence-electron chi connectivity index (χ4n) is 4.84. The third kappa shape index (κ3) is 3.98. The Labute approximate surface area is 208 Å². The molecule has 3 amide bonds. The predicted molar refractivity (Wildman–Crippen MR) is 135 cm³/mol. The highest BCUT2D eigenvalue weighted by atomic mass is 35.5. The number of anilines is 1. The number of nitrogens with one attached hydrogen (secondary N) is 1. The number of para-hydroxylation sites is 1. The first-order chi connectivity index (χ1) is 16.9. The van der Waals surface area contributed by atoms with Crippen LogP contribution in [0.1, 0.15) is 74.1 Å². The minimum atomic E-state index is -0.404. The van der Waals surface area contributed by atoms with Gasteiger partial charge in [-0.25, -0.2) is 4.90 Å². The van der Waals surface area contributed by atoms with Gasteiger partial charge in [0.2, 0.25) is 0 Å². The number of benzene rings is 3. The average Bonchev–Trinajstić information content (AvgIpc) is 3.12. The van der Waals surface area contributed by atoms with E-state index in [1.165, 1.54) is 11.0 Å². The Morgan fingerprint density at radius 1 is 1.00 bits per heavy atom. The minimum Gasteiger partial charge on any atom is -0.493 e. The molecule has 0 aromatic heterocycles. The number of aryl methyl sites for hydroxylation is 2. The molecule has 2 aliphatic rings. The summed E-state index contributed by atoms with van der Waals surface area (Å²) in [5.74, 6) is -0.399. The lowest BCUT2D eigenvalue weighted by Gasteiger charge is -2.27. The van der Waals surface area contributed by atoms with Crippen molar-refractivity contribution >= 4 is 35.0 Å². The lowest BCUT2D eigenvalue weighted by molar-refractivity contribution is 0.0916. The van der Waals surface area contributed by atoms with Gasteiger partial charge in [-0.05, 0) is 60.4 Å². The van der Waals surface area contributed by atoms with Crippen LogP contribution in [0.25, 0.3) is 0 Å². The normalized spacial score (nSPS) is 16.5. The zero-order chi connectivity index (χ0) is 24.7. The van der Waals surface area contributed by atoms with Crippen molar-refractivity contribution in [3.8, 4) is 5.75 Å². The van der Waals surface area contributed by atoms with Crippen LogP contribution in [0.4, 0.5) is 5.69 Å². The molecule has 35 heavy (non-hydrogen) atoms. The van der Waals surface area contributed by atoms with Crippen LogP contribution < -0.4 is 15.0 Å². The largest absolute Gasteiger partial charge is 0.493 e. The summed E-state index contributed by atoms with van der Waals surface area (Å²) < 4.78 is 5.68. The number of nitrogens with zero attached hydrogens (tertiary/aromatic N) is 1. The molecule has 2 heterocycles. The first-order valence-corrected chi connectivity index (χ1v) is 12.2. The van der Waals surface area contributed by atoms with Crippen molar-refractivity contribution in [2.45, 2.75) is 39.2 Å². The van der Waals surface area contributed by atoms with Crippen LogP contribution in [0.15, 0.2) is 54.6 Å². The molecule has 0 aliphatic carbocycles. The van der Waals surface area contributed by atoms with Gasteiger partial charge in [0, 0.05) is 22.6 Å². The van der Waals surface area contributed by atoms with E-state index in [0.717, 1.165) is 16.7 Å². The molecule has 6 nitrogen and oxygen atoms in total. The molecule has 2 aliphatic heterocycles. The number of fused-ring (bicyclic) bond motifs is 2. The molecule has 1 N–H and O–H groups in total. The zero-order valence-corrected chi connectivity index (χ0v) is 20.3. The summed E-state index contributed by atoms with van der Waals surface area (Å²) in [4.78, 5) is 41.2. The SMILES string of the molecule is CCc1cccc(CC)c1N1C(=O)c2ccc(C(=O)NC3CCOc4ccc(Cl)cc43)cc2C1=O. The van der Waals surface area contributed by atoms with Crippen LogP contribution >= 0.6 is 11.6 Å². The molecule has 3 aromatic rings. The standard InChI is InChI=1S/C28H25ClN2O4/c1-3-16-6-5-7-17(4-2)25(16)31-27(33)20-10-8-18(14-21(20)28(31)34)26(32)30-23-12-13-35-24-11-9-19(29)15-22(23)24/h5-11,14-15,23H,3-4,12-13H2,1-2H3,(H,30,32). The predicted octanol–water partition coefficient (Wildman–Crippen LogP) is 5.52. The number of carbonyl (C=O) groups excluding carboxylic acids is 3. The summed E-state index contributed by atoms with van der Waals surface area (Å²) >= 11 is 6.15. The molecule has 3 aromatic carbocycles. The summed E-state index contributed by atoms with van der Waals surface area (Å²) in [7, 11) is 0. The van der Waals surface area contributed by atoms with Crippen molar-refractivity contribution in [1.82, 2.24) is 5.32 Å². The molecule has 0 bridgehead atoms. The second kappa shape index (κ2) is 9.19. The molecule has 0 saturated carbocycles. The van der Waals surface area contributed by atoms with Crippen molar-refractivity contribution in [3.05, 3.63) is 93.0 Å². The average molecular weight is 489 g/mol. The molecule has 1 atom stereocenters. The first-order valence-electron chi connectivity index (χ1n) is 11.8. The second-order valence-corrected chi connectivity index (χ2v) is 9.12. The van der Waals surface area contributed by atoms with Gasteiger partial charge in [0.1, 0.15) is 5.75 Å².